The van der Waals surface area contributed by atoms with Gasteiger partial charge in [-0.3, -0.25) is 9.59 Å². The van der Waals surface area contributed by atoms with E-state index in [-0.39, 0.29) is 40.0 Å². The van der Waals surface area contributed by atoms with E-state index in [1.54, 1.807) is 32.2 Å². The molecule has 0 unspecified atom stereocenters. The molecule has 1 amide bonds. The third-order valence-corrected chi connectivity index (χ3v) is 7.24. The Labute approximate surface area is 168 Å². The van der Waals surface area contributed by atoms with E-state index in [1.165, 1.54) is 4.90 Å². The molecule has 29 heavy (non-hydrogen) atoms. The van der Waals surface area contributed by atoms with Crippen molar-refractivity contribution in [3.05, 3.63) is 69.9 Å². The number of benzene rings is 2. The normalized spacial score (nSPS) is 18.1. The number of sulfone groups is 1. The first-order valence-electron chi connectivity index (χ1n) is 9.38. The molecule has 2 aromatic carbocycles. The van der Waals surface area contributed by atoms with Crippen molar-refractivity contribution in [2.75, 3.05) is 18.6 Å². The third kappa shape index (κ3) is 3.46. The summed E-state index contributed by atoms with van der Waals surface area (Å²) in [6.45, 7) is 1.71. The van der Waals surface area contributed by atoms with Crippen molar-refractivity contribution >= 4 is 26.7 Å². The fourth-order valence-corrected chi connectivity index (χ4v) is 5.55. The van der Waals surface area contributed by atoms with Crippen LogP contribution in [0.4, 0.5) is 0 Å². The number of nitrogens with zero attached hydrogens (tertiary/aromatic N) is 1. The summed E-state index contributed by atoms with van der Waals surface area (Å²) < 4.78 is 29.7. The number of para-hydroxylation sites is 1. The van der Waals surface area contributed by atoms with E-state index in [2.05, 4.69) is 0 Å². The first kappa shape index (κ1) is 19.4. The second-order valence-corrected chi connectivity index (χ2v) is 9.64. The standard InChI is InChI=1S/C22H21NO5S/c1-14-19(24)17-9-6-10-18(21(17)28-20(14)15-7-4-3-5-8-15)22(25)23(2)16-11-12-29(26,27)13-16/h3-10,16H,11-13H2,1-2H3/t16-/m1/s1. The Morgan fingerprint density at radius 1 is 1.10 bits per heavy atom. The van der Waals surface area contributed by atoms with Crippen LogP contribution in [0.1, 0.15) is 22.3 Å². The molecule has 0 saturated carbocycles. The Morgan fingerprint density at radius 2 is 1.83 bits per heavy atom. The smallest absolute Gasteiger partial charge is 0.257 e. The molecule has 1 fully saturated rings. The fourth-order valence-electron chi connectivity index (χ4n) is 3.78. The second-order valence-electron chi connectivity index (χ2n) is 7.41. The Balaban J connectivity index is 1.84. The van der Waals surface area contributed by atoms with E-state index in [9.17, 15) is 18.0 Å². The number of carbonyl (C=O) groups is 1. The lowest BCUT2D eigenvalue weighted by Gasteiger charge is -2.23. The van der Waals surface area contributed by atoms with Gasteiger partial charge in [-0.2, -0.15) is 0 Å². The molecule has 0 radical (unpaired) electrons. The lowest BCUT2D eigenvalue weighted by molar-refractivity contribution is 0.0748. The summed E-state index contributed by atoms with van der Waals surface area (Å²) in [6.07, 6.45) is 0.410. The van der Waals surface area contributed by atoms with Crippen LogP contribution in [0.5, 0.6) is 0 Å². The van der Waals surface area contributed by atoms with Gasteiger partial charge in [0.2, 0.25) is 0 Å². The summed E-state index contributed by atoms with van der Waals surface area (Å²) >= 11 is 0. The van der Waals surface area contributed by atoms with E-state index in [0.717, 1.165) is 5.56 Å². The second kappa shape index (κ2) is 7.15. The SMILES string of the molecule is Cc1c(-c2ccccc2)oc2c(C(=O)N(C)[C@@H]3CCS(=O)(=O)C3)cccc2c1=O. The number of fused-ring (bicyclic) bond motifs is 1. The highest BCUT2D eigenvalue weighted by molar-refractivity contribution is 7.91. The number of carbonyl (C=O) groups excluding carboxylic acids is 1. The molecule has 1 aliphatic rings. The minimum atomic E-state index is -3.12. The summed E-state index contributed by atoms with van der Waals surface area (Å²) in [5, 5.41) is 0.334. The van der Waals surface area contributed by atoms with Crippen LogP contribution in [0.15, 0.2) is 57.7 Å². The molecule has 6 nitrogen and oxygen atoms in total. The van der Waals surface area contributed by atoms with Crippen LogP contribution in [0, 0.1) is 6.92 Å². The van der Waals surface area contributed by atoms with Gasteiger partial charge in [-0.15, -0.1) is 0 Å². The molecule has 1 aliphatic heterocycles. The van der Waals surface area contributed by atoms with Crippen molar-refractivity contribution in [3.8, 4) is 11.3 Å². The summed E-state index contributed by atoms with van der Waals surface area (Å²) in [6, 6.07) is 13.8. The van der Waals surface area contributed by atoms with Crippen molar-refractivity contribution in [1.82, 2.24) is 4.90 Å². The highest BCUT2D eigenvalue weighted by atomic mass is 32.2. The zero-order chi connectivity index (χ0) is 20.8. The number of amides is 1. The lowest BCUT2D eigenvalue weighted by Crippen LogP contribution is -2.38. The molecule has 2 heterocycles. The van der Waals surface area contributed by atoms with Gasteiger partial charge in [0.15, 0.2) is 20.8 Å². The zero-order valence-corrected chi connectivity index (χ0v) is 17.0. The third-order valence-electron chi connectivity index (χ3n) is 5.49. The monoisotopic (exact) mass is 411 g/mol. The van der Waals surface area contributed by atoms with Gasteiger partial charge in [0.05, 0.1) is 22.5 Å². The molecule has 7 heteroatoms. The van der Waals surface area contributed by atoms with Gasteiger partial charge >= 0.3 is 0 Å². The van der Waals surface area contributed by atoms with Crippen molar-refractivity contribution in [2.45, 2.75) is 19.4 Å². The number of hydrogen-bond donors (Lipinski definition) is 0. The van der Waals surface area contributed by atoms with Gasteiger partial charge in [-0.05, 0) is 25.5 Å². The Morgan fingerprint density at radius 3 is 2.48 bits per heavy atom. The van der Waals surface area contributed by atoms with Crippen LogP contribution in [-0.2, 0) is 9.84 Å². The van der Waals surface area contributed by atoms with E-state index in [4.69, 9.17) is 4.42 Å². The number of hydrogen-bond acceptors (Lipinski definition) is 5. The van der Waals surface area contributed by atoms with Crippen molar-refractivity contribution in [1.29, 1.82) is 0 Å². The molecule has 0 bridgehead atoms. The Kier molecular flexibility index (Phi) is 4.78. The molecule has 0 spiro atoms. The molecular formula is C22H21NO5S. The summed E-state index contributed by atoms with van der Waals surface area (Å²) in [5.41, 5.74) is 1.51. The maximum Gasteiger partial charge on any atom is 0.257 e. The van der Waals surface area contributed by atoms with Gasteiger partial charge in [-0.1, -0.05) is 36.4 Å². The lowest BCUT2D eigenvalue weighted by atomic mass is 10.0. The molecule has 1 atom stereocenters. The molecule has 1 aromatic heterocycles. The molecule has 3 aromatic rings. The zero-order valence-electron chi connectivity index (χ0n) is 16.2. The largest absolute Gasteiger partial charge is 0.455 e. The topological polar surface area (TPSA) is 84.7 Å². The van der Waals surface area contributed by atoms with E-state index >= 15 is 0 Å². The molecule has 0 N–H and O–H groups in total. The predicted octanol–water partition coefficient (Wildman–Crippen LogP) is 3.03. The van der Waals surface area contributed by atoms with Crippen LogP contribution in [-0.4, -0.2) is 43.8 Å². The van der Waals surface area contributed by atoms with Crippen LogP contribution in [0.2, 0.25) is 0 Å². The minimum absolute atomic E-state index is 0.0433. The number of rotatable bonds is 3. The fraction of sp³-hybridized carbons (Fsp3) is 0.273. The summed E-state index contributed by atoms with van der Waals surface area (Å²) in [5.74, 6) is 0.105. The maximum atomic E-state index is 13.2. The van der Waals surface area contributed by atoms with Crippen molar-refractivity contribution in [3.63, 3.8) is 0 Å². The average molecular weight is 411 g/mol. The first-order chi connectivity index (χ1) is 13.8. The summed E-state index contributed by atoms with van der Waals surface area (Å²) in [4.78, 5) is 27.6. The van der Waals surface area contributed by atoms with Crippen LogP contribution in [0.3, 0.4) is 0 Å². The highest BCUT2D eigenvalue weighted by Crippen LogP contribution is 2.28. The highest BCUT2D eigenvalue weighted by Gasteiger charge is 2.34. The van der Waals surface area contributed by atoms with E-state index < -0.39 is 9.84 Å². The van der Waals surface area contributed by atoms with Crippen LogP contribution < -0.4 is 5.43 Å². The predicted molar refractivity (Wildman–Crippen MR) is 112 cm³/mol. The van der Waals surface area contributed by atoms with Crippen LogP contribution >= 0.6 is 0 Å². The van der Waals surface area contributed by atoms with Gasteiger partial charge in [0.1, 0.15) is 5.76 Å². The molecular weight excluding hydrogens is 390 g/mol. The van der Waals surface area contributed by atoms with E-state index in [0.29, 0.717) is 23.1 Å². The average Bonchev–Trinajstić information content (AvgIpc) is 3.09. The summed E-state index contributed by atoms with van der Waals surface area (Å²) in [7, 11) is -1.53. The van der Waals surface area contributed by atoms with Gasteiger partial charge in [-0.25, -0.2) is 8.42 Å². The first-order valence-corrected chi connectivity index (χ1v) is 11.2. The molecule has 150 valence electrons. The molecule has 1 saturated heterocycles. The van der Waals surface area contributed by atoms with Crippen molar-refractivity contribution in [2.24, 2.45) is 0 Å². The Bertz CT molecular complexity index is 1260. The maximum absolute atomic E-state index is 13.2. The van der Waals surface area contributed by atoms with Gasteiger partial charge in [0.25, 0.3) is 5.91 Å². The molecule has 4 rings (SSSR count). The molecule has 0 aliphatic carbocycles. The quantitative estimate of drug-likeness (QED) is 0.661. The van der Waals surface area contributed by atoms with Gasteiger partial charge in [0, 0.05) is 24.2 Å². The Hall–Kier alpha value is -2.93. The van der Waals surface area contributed by atoms with E-state index in [1.807, 2.05) is 30.3 Å². The minimum Gasteiger partial charge on any atom is -0.455 e. The van der Waals surface area contributed by atoms with Crippen molar-refractivity contribution < 1.29 is 17.6 Å². The van der Waals surface area contributed by atoms with Crippen LogP contribution in [0.25, 0.3) is 22.3 Å². The van der Waals surface area contributed by atoms with Gasteiger partial charge < -0.3 is 9.32 Å².